The van der Waals surface area contributed by atoms with Crippen LogP contribution >= 0.6 is 0 Å². The van der Waals surface area contributed by atoms with Crippen molar-refractivity contribution in [1.29, 1.82) is 0 Å². The molecule has 5 heteroatoms. The summed E-state index contributed by atoms with van der Waals surface area (Å²) in [5, 5.41) is 13.2. The van der Waals surface area contributed by atoms with Crippen LogP contribution in [0.15, 0.2) is 322 Å². The predicted molar refractivity (Wildman–Crippen MR) is 652 cm³/mol. The van der Waals surface area contributed by atoms with Crippen molar-refractivity contribution in [3.63, 3.8) is 0 Å². The average molecular weight is 1960 g/mol. The van der Waals surface area contributed by atoms with Crippen molar-refractivity contribution in [3.8, 4) is 61.8 Å². The summed E-state index contributed by atoms with van der Waals surface area (Å²) in [6, 6.07) is 122. The fraction of sp³-hybridized carbons (Fsp3) is 0.333. The van der Waals surface area contributed by atoms with Crippen molar-refractivity contribution in [2.75, 3.05) is 0 Å². The third kappa shape index (κ3) is 19.1. The third-order valence-corrected chi connectivity index (χ3v) is 31.4. The van der Waals surface area contributed by atoms with Crippen LogP contribution in [0.2, 0.25) is 0 Å². The molecule has 21 rings (SSSR count). The van der Waals surface area contributed by atoms with Crippen LogP contribution in [-0.2, 0) is 65.0 Å². The molecule has 5 nitrogen and oxygen atoms in total. The molecule has 0 radical (unpaired) electrons. The van der Waals surface area contributed by atoms with Crippen molar-refractivity contribution in [1.82, 2.24) is 22.8 Å². The normalized spacial score (nSPS) is 13.2. The Labute approximate surface area is 889 Å². The smallest absolute Gasteiger partial charge is 0.0547 e. The Hall–Kier alpha value is -13.5. The maximum Gasteiger partial charge on any atom is 0.0547 e. The number of nitrogens with zero attached hydrogens (tertiary/aromatic N) is 5. The molecule has 21 aromatic rings. The molecule has 0 saturated carbocycles. The van der Waals surface area contributed by atoms with E-state index in [2.05, 4.69) is 594 Å². The molecule has 0 aliphatic heterocycles. The second-order valence-corrected chi connectivity index (χ2v) is 55.3. The second kappa shape index (κ2) is 36.7. The topological polar surface area (TPSA) is 24.6 Å². The first-order valence-corrected chi connectivity index (χ1v) is 54.6. The lowest BCUT2D eigenvalue weighted by molar-refractivity contribution is 0.535. The summed E-state index contributed by atoms with van der Waals surface area (Å²) < 4.78 is 12.8. The van der Waals surface area contributed by atoms with Gasteiger partial charge in [-0.05, 0) is 286 Å². The number of aromatic nitrogens is 5. The Bertz CT molecular complexity index is 8570. The van der Waals surface area contributed by atoms with Gasteiger partial charge in [-0.15, -0.1) is 0 Å². The highest BCUT2D eigenvalue weighted by Crippen LogP contribution is 2.54. The number of fused-ring (bicyclic) bond motifs is 15. The summed E-state index contributed by atoms with van der Waals surface area (Å²) in [6.07, 6.45) is 0. The van der Waals surface area contributed by atoms with Crippen molar-refractivity contribution in [2.45, 2.75) is 314 Å². The quantitative estimate of drug-likeness (QED) is 0.145. The molecule has 16 aromatic carbocycles. The van der Waals surface area contributed by atoms with Gasteiger partial charge in [0, 0.05) is 70.9 Å². The summed E-state index contributed by atoms with van der Waals surface area (Å²) in [5.41, 5.74) is 42.4. The van der Waals surface area contributed by atoms with Gasteiger partial charge in [-0.2, -0.15) is 0 Å². The van der Waals surface area contributed by atoms with Gasteiger partial charge in [0.1, 0.15) is 0 Å². The standard InChI is InChI=1S/C56H64N2.C48H48N2.C40H49N/c1-52(2,3)36-24-26-44-42(33-36)43-34-37(53(4,5)6)25-27-45(43)58(44)48-29-28-47-50(51(48)56(13,14)15)49-41(35-20-17-16-18-21-35)22-19-23-46(49)57(47)40-31-38(54(7,8)9)30-39(32-40)55(10,11)12;1-46(2,3)32-28-33(47(4,5)6)30-34(29-32)49-40-25-17-22-35(31-18-11-10-12-19-31)43(40)44-41(49)26-27-42(45(44)48(7,8)9)50-38-23-15-13-20-36(38)37-21-14-16-24-39(37)50;1-37(2,3)27-23-28(38(4,5)6)25-29(24-27)41-32-20-16-19-30(26-17-14-13-15-18-26)34(32)35-33(41)22-21-31(39(7,8)9)36(35)40(10,11)12/h16-34H,1-15H3;10-30H,1-9H3;13-25H,1-12H3. The monoisotopic (exact) mass is 1960 g/mol. The Balaban J connectivity index is 0.000000143. The van der Waals surface area contributed by atoms with Crippen molar-refractivity contribution < 1.29 is 0 Å². The first kappa shape index (κ1) is 104. The highest BCUT2D eigenvalue weighted by atomic mass is 15.0. The van der Waals surface area contributed by atoms with Gasteiger partial charge in [-0.25, -0.2) is 0 Å². The van der Waals surface area contributed by atoms with Crippen molar-refractivity contribution in [2.24, 2.45) is 0 Å². The number of para-hydroxylation sites is 2. The van der Waals surface area contributed by atoms with Crippen molar-refractivity contribution in [3.05, 3.63) is 388 Å². The lowest BCUT2D eigenvalue weighted by Gasteiger charge is -2.31. The van der Waals surface area contributed by atoms with Crippen LogP contribution in [0.5, 0.6) is 0 Å². The van der Waals surface area contributed by atoms with E-state index >= 15 is 0 Å². The van der Waals surface area contributed by atoms with E-state index in [0.717, 1.165) is 0 Å². The Kier molecular flexibility index (Phi) is 25.7. The largest absolute Gasteiger partial charge is 0.309 e. The van der Waals surface area contributed by atoms with Gasteiger partial charge in [-0.3, -0.25) is 0 Å². The molecule has 0 unspecified atom stereocenters. The van der Waals surface area contributed by atoms with Crippen LogP contribution in [0, 0.1) is 0 Å². The molecular formula is C144H161N5. The van der Waals surface area contributed by atoms with Gasteiger partial charge in [0.25, 0.3) is 0 Å². The number of benzene rings is 16. The number of hydrogen-bond donors (Lipinski definition) is 0. The zero-order chi connectivity index (χ0) is 107. The lowest BCUT2D eigenvalue weighted by atomic mass is 9.73. The number of rotatable bonds is 8. The maximum absolute atomic E-state index is 2.58. The molecule has 0 amide bonds. The Morgan fingerprint density at radius 1 is 0.141 bits per heavy atom. The maximum atomic E-state index is 2.58. The van der Waals surface area contributed by atoms with Gasteiger partial charge >= 0.3 is 0 Å². The van der Waals surface area contributed by atoms with Crippen LogP contribution in [0.25, 0.3) is 171 Å². The first-order chi connectivity index (χ1) is 69.6. The molecule has 0 atom stereocenters. The minimum atomic E-state index is -0.207. The van der Waals surface area contributed by atoms with E-state index in [0.29, 0.717) is 0 Å². The molecule has 0 aliphatic rings. The van der Waals surface area contributed by atoms with E-state index in [-0.39, 0.29) is 65.0 Å². The zero-order valence-electron chi connectivity index (χ0n) is 96.3. The SMILES string of the molecule is CC(C)(C)c1cc(-n2c3cccc(-c4ccccc4)c3c3c(C(C)(C)C)c(-n4c5ccc(C(C)(C)C)cc5c5cc(C(C)(C)C)ccc54)ccc32)cc(C(C)(C)C)c1.CC(C)(C)c1cc(-n2c3cccc(-c4ccccc4)c3c3c(C(C)(C)C)c(-n4c5ccccc5c5ccccc54)ccc32)cc(C(C)(C)C)c1.CC(C)(C)c1cc(-n2c3cccc(-c4ccccc4)c3c3c(C(C)(C)C)c(C(C)(C)C)ccc32)cc(C(C)(C)C)c1. The fourth-order valence-corrected chi connectivity index (χ4v) is 23.3. The molecule has 0 saturated heterocycles. The lowest BCUT2D eigenvalue weighted by Crippen LogP contribution is -2.22. The summed E-state index contributed by atoms with van der Waals surface area (Å²) >= 11 is 0. The Morgan fingerprint density at radius 3 is 0.631 bits per heavy atom. The van der Waals surface area contributed by atoms with Crippen LogP contribution < -0.4 is 0 Å². The van der Waals surface area contributed by atoms with Gasteiger partial charge in [0.2, 0.25) is 0 Å². The summed E-state index contributed by atoms with van der Waals surface area (Å²) in [7, 11) is 0. The minimum absolute atomic E-state index is 0.00421. The van der Waals surface area contributed by atoms with E-state index in [1.165, 1.54) is 238 Å². The zero-order valence-corrected chi connectivity index (χ0v) is 96.3. The molecule has 149 heavy (non-hydrogen) atoms. The molecule has 0 spiro atoms. The molecule has 5 heterocycles. The molecule has 5 aromatic heterocycles. The van der Waals surface area contributed by atoms with Gasteiger partial charge in [-0.1, -0.05) is 449 Å². The highest BCUT2D eigenvalue weighted by Gasteiger charge is 2.38. The van der Waals surface area contributed by atoms with Crippen molar-refractivity contribution >= 4 is 109 Å². The summed E-state index contributed by atoms with van der Waals surface area (Å²) in [4.78, 5) is 0. The summed E-state index contributed by atoms with van der Waals surface area (Å²) in [6.45, 7) is 84.4. The van der Waals surface area contributed by atoms with E-state index in [1.54, 1.807) is 0 Å². The third-order valence-electron chi connectivity index (χ3n) is 31.4. The van der Waals surface area contributed by atoms with E-state index in [1.807, 2.05) is 0 Å². The average Bonchev–Trinajstić information content (AvgIpc) is 1.56. The van der Waals surface area contributed by atoms with Crippen LogP contribution in [0.3, 0.4) is 0 Å². The van der Waals surface area contributed by atoms with Gasteiger partial charge < -0.3 is 22.8 Å². The van der Waals surface area contributed by atoms with E-state index in [9.17, 15) is 0 Å². The van der Waals surface area contributed by atoms with Gasteiger partial charge in [0.05, 0.1) is 66.5 Å². The van der Waals surface area contributed by atoms with E-state index in [4.69, 9.17) is 0 Å². The second-order valence-electron chi connectivity index (χ2n) is 55.3. The Morgan fingerprint density at radius 2 is 0.369 bits per heavy atom. The highest BCUT2D eigenvalue weighted by molar-refractivity contribution is 6.22. The molecule has 0 bridgehead atoms. The van der Waals surface area contributed by atoms with Gasteiger partial charge in [0.15, 0.2) is 0 Å². The van der Waals surface area contributed by atoms with Crippen LogP contribution in [0.1, 0.15) is 316 Å². The summed E-state index contributed by atoms with van der Waals surface area (Å²) in [5.74, 6) is 0. The molecule has 0 N–H and O–H groups in total. The predicted octanol–water partition coefficient (Wildman–Crippen LogP) is 41.1. The molecule has 0 aliphatic carbocycles. The molecular weight excluding hydrogens is 1800 g/mol. The minimum Gasteiger partial charge on any atom is -0.309 e. The van der Waals surface area contributed by atoms with Crippen LogP contribution in [-0.4, -0.2) is 22.8 Å². The molecule has 0 fully saturated rings. The van der Waals surface area contributed by atoms with Crippen LogP contribution in [0.4, 0.5) is 0 Å². The fourth-order valence-electron chi connectivity index (χ4n) is 23.3. The molecule has 762 valence electrons. The number of hydrogen-bond acceptors (Lipinski definition) is 0. The first-order valence-electron chi connectivity index (χ1n) is 54.6. The van der Waals surface area contributed by atoms with E-state index < -0.39 is 0 Å².